The third kappa shape index (κ3) is 4.60. The van der Waals surface area contributed by atoms with Crippen molar-refractivity contribution in [1.29, 1.82) is 0 Å². The van der Waals surface area contributed by atoms with Crippen LogP contribution in [0.3, 0.4) is 0 Å². The molecule has 8 nitrogen and oxygen atoms in total. The van der Waals surface area contributed by atoms with Crippen LogP contribution in [0.1, 0.15) is 29.8 Å². The number of methoxy groups -OCH3 is 1. The quantitative estimate of drug-likeness (QED) is 0.541. The Hall–Kier alpha value is -3.26. The molecule has 0 radical (unpaired) electrons. The molecular weight excluding hydrogens is 374 g/mol. The van der Waals surface area contributed by atoms with Gasteiger partial charge in [0.05, 0.1) is 19.7 Å². The summed E-state index contributed by atoms with van der Waals surface area (Å²) in [5.74, 6) is 0.778. The summed E-state index contributed by atoms with van der Waals surface area (Å²) >= 11 is 0. The van der Waals surface area contributed by atoms with Crippen molar-refractivity contribution in [2.45, 2.75) is 26.4 Å². The van der Waals surface area contributed by atoms with Crippen LogP contribution in [0.5, 0.6) is 11.5 Å². The van der Waals surface area contributed by atoms with E-state index in [0.29, 0.717) is 30.3 Å². The maximum absolute atomic E-state index is 13.1. The molecule has 1 atom stereocenters. The van der Waals surface area contributed by atoms with Crippen LogP contribution < -0.4 is 20.3 Å². The van der Waals surface area contributed by atoms with Crippen molar-refractivity contribution in [3.63, 3.8) is 0 Å². The average molecular weight is 399 g/mol. The first-order chi connectivity index (χ1) is 13.9. The minimum Gasteiger partial charge on any atom is -0.497 e. The van der Waals surface area contributed by atoms with Crippen LogP contribution >= 0.6 is 0 Å². The zero-order valence-electron chi connectivity index (χ0n) is 16.6. The predicted octanol–water partition coefficient (Wildman–Crippen LogP) is 3.27. The standard InChI is InChI=1S/C21H25N3O5/c1-13(2)18-12-29-19-10-14(20(25)23-27)4-5-15(19)11-24(18)21(26)22-16-6-8-17(28-3)9-7-16/h4-10,13,18,27H,11-12H2,1-3H3,(H,22,26)(H,23,25)/t18-/m1/s1. The van der Waals surface area contributed by atoms with Crippen molar-refractivity contribution >= 4 is 17.6 Å². The number of hydroxylamine groups is 1. The second-order valence-corrected chi connectivity index (χ2v) is 7.17. The van der Waals surface area contributed by atoms with Crippen LogP contribution in [0.4, 0.5) is 10.5 Å². The molecule has 0 fully saturated rings. The van der Waals surface area contributed by atoms with E-state index in [4.69, 9.17) is 14.7 Å². The van der Waals surface area contributed by atoms with Crippen LogP contribution in [0.15, 0.2) is 42.5 Å². The lowest BCUT2D eigenvalue weighted by atomic mass is 10.0. The molecule has 0 aromatic heterocycles. The fourth-order valence-corrected chi connectivity index (χ4v) is 3.24. The van der Waals surface area contributed by atoms with E-state index in [2.05, 4.69) is 5.32 Å². The maximum atomic E-state index is 13.1. The van der Waals surface area contributed by atoms with Gasteiger partial charge in [-0.1, -0.05) is 19.9 Å². The van der Waals surface area contributed by atoms with E-state index in [9.17, 15) is 9.59 Å². The number of fused-ring (bicyclic) bond motifs is 1. The lowest BCUT2D eigenvalue weighted by Gasteiger charge is -2.32. The highest BCUT2D eigenvalue weighted by Gasteiger charge is 2.31. The normalized spacial score (nSPS) is 15.8. The molecule has 0 saturated carbocycles. The van der Waals surface area contributed by atoms with Crippen molar-refractivity contribution in [3.8, 4) is 11.5 Å². The zero-order chi connectivity index (χ0) is 21.0. The Morgan fingerprint density at radius 3 is 2.55 bits per heavy atom. The first-order valence-electron chi connectivity index (χ1n) is 9.34. The number of carbonyl (C=O) groups is 2. The van der Waals surface area contributed by atoms with Gasteiger partial charge in [0.25, 0.3) is 5.91 Å². The molecule has 0 aliphatic carbocycles. The fourth-order valence-electron chi connectivity index (χ4n) is 3.24. The Labute approximate surface area is 169 Å². The fraction of sp³-hybridized carbons (Fsp3) is 0.333. The number of nitrogens with zero attached hydrogens (tertiary/aromatic N) is 1. The van der Waals surface area contributed by atoms with Crippen molar-refractivity contribution in [3.05, 3.63) is 53.6 Å². The van der Waals surface area contributed by atoms with Gasteiger partial charge in [0, 0.05) is 16.8 Å². The number of hydrogen-bond donors (Lipinski definition) is 3. The summed E-state index contributed by atoms with van der Waals surface area (Å²) < 4.78 is 11.1. The lowest BCUT2D eigenvalue weighted by Crippen LogP contribution is -2.46. The number of nitrogens with one attached hydrogen (secondary N) is 2. The smallest absolute Gasteiger partial charge is 0.322 e. The van der Waals surface area contributed by atoms with Crippen LogP contribution in [0.2, 0.25) is 0 Å². The number of hydrogen-bond acceptors (Lipinski definition) is 5. The number of urea groups is 1. The molecule has 3 rings (SSSR count). The Balaban J connectivity index is 1.84. The molecule has 0 saturated heterocycles. The summed E-state index contributed by atoms with van der Waals surface area (Å²) in [6, 6.07) is 11.6. The Morgan fingerprint density at radius 1 is 1.21 bits per heavy atom. The lowest BCUT2D eigenvalue weighted by molar-refractivity contribution is 0.0706. The van der Waals surface area contributed by atoms with Crippen molar-refractivity contribution in [1.82, 2.24) is 10.4 Å². The number of carbonyl (C=O) groups excluding carboxylic acids is 2. The van der Waals surface area contributed by atoms with E-state index in [1.54, 1.807) is 60.0 Å². The molecule has 154 valence electrons. The second kappa shape index (κ2) is 8.83. The molecule has 29 heavy (non-hydrogen) atoms. The number of amides is 3. The molecule has 0 spiro atoms. The first kappa shape index (κ1) is 20.5. The predicted molar refractivity (Wildman–Crippen MR) is 107 cm³/mol. The summed E-state index contributed by atoms with van der Waals surface area (Å²) in [4.78, 5) is 26.5. The minimum absolute atomic E-state index is 0.157. The maximum Gasteiger partial charge on any atom is 0.322 e. The summed E-state index contributed by atoms with van der Waals surface area (Å²) in [6.45, 7) is 4.69. The van der Waals surface area contributed by atoms with Gasteiger partial charge in [-0.05, 0) is 42.3 Å². The van der Waals surface area contributed by atoms with Gasteiger partial charge in [-0.25, -0.2) is 10.3 Å². The van der Waals surface area contributed by atoms with E-state index in [-0.39, 0.29) is 23.6 Å². The van der Waals surface area contributed by atoms with Crippen LogP contribution in [-0.2, 0) is 6.54 Å². The van der Waals surface area contributed by atoms with Gasteiger partial charge in [-0.15, -0.1) is 0 Å². The van der Waals surface area contributed by atoms with Crippen molar-refractivity contribution in [2.24, 2.45) is 5.92 Å². The Morgan fingerprint density at radius 2 is 1.93 bits per heavy atom. The van der Waals surface area contributed by atoms with E-state index >= 15 is 0 Å². The average Bonchev–Trinajstić information content (AvgIpc) is 2.93. The van der Waals surface area contributed by atoms with Gasteiger partial charge < -0.3 is 19.7 Å². The molecule has 2 aromatic carbocycles. The Bertz CT molecular complexity index is 882. The zero-order valence-corrected chi connectivity index (χ0v) is 16.6. The number of anilines is 1. The van der Waals surface area contributed by atoms with Crippen molar-refractivity contribution in [2.75, 3.05) is 19.0 Å². The van der Waals surface area contributed by atoms with Gasteiger partial charge in [0.15, 0.2) is 0 Å². The summed E-state index contributed by atoms with van der Waals surface area (Å²) in [6.07, 6.45) is 0. The SMILES string of the molecule is COc1ccc(NC(=O)N2Cc3ccc(C(=O)NO)cc3OC[C@@H]2C(C)C)cc1. The van der Waals surface area contributed by atoms with E-state index in [1.165, 1.54) is 0 Å². The van der Waals surface area contributed by atoms with E-state index < -0.39 is 5.91 Å². The molecule has 2 aromatic rings. The first-order valence-corrected chi connectivity index (χ1v) is 9.34. The highest BCUT2D eigenvalue weighted by Crippen LogP contribution is 2.29. The summed E-state index contributed by atoms with van der Waals surface area (Å²) in [7, 11) is 1.59. The third-order valence-corrected chi connectivity index (χ3v) is 4.95. The van der Waals surface area contributed by atoms with Gasteiger partial charge in [-0.3, -0.25) is 10.0 Å². The number of benzene rings is 2. The van der Waals surface area contributed by atoms with E-state index in [0.717, 1.165) is 5.56 Å². The topological polar surface area (TPSA) is 100 Å². The largest absolute Gasteiger partial charge is 0.497 e. The molecular formula is C21H25N3O5. The molecule has 1 aliphatic heterocycles. The minimum atomic E-state index is -0.616. The summed E-state index contributed by atoms with van der Waals surface area (Å²) in [5, 5.41) is 11.8. The molecule has 1 aliphatic rings. The molecule has 0 unspecified atom stereocenters. The Kier molecular flexibility index (Phi) is 6.23. The van der Waals surface area contributed by atoms with Crippen molar-refractivity contribution < 1.29 is 24.3 Å². The molecule has 8 heteroatoms. The van der Waals surface area contributed by atoms with Crippen LogP contribution in [0, 0.1) is 5.92 Å². The van der Waals surface area contributed by atoms with Crippen LogP contribution in [0.25, 0.3) is 0 Å². The molecule has 3 N–H and O–H groups in total. The number of ether oxygens (including phenoxy) is 2. The second-order valence-electron chi connectivity index (χ2n) is 7.17. The number of rotatable bonds is 4. The van der Waals surface area contributed by atoms with Gasteiger partial charge in [-0.2, -0.15) is 0 Å². The molecule has 1 heterocycles. The highest BCUT2D eigenvalue weighted by atomic mass is 16.5. The summed E-state index contributed by atoms with van der Waals surface area (Å²) in [5.41, 5.74) is 3.35. The van der Waals surface area contributed by atoms with Gasteiger partial charge >= 0.3 is 6.03 Å². The monoisotopic (exact) mass is 399 g/mol. The van der Waals surface area contributed by atoms with Gasteiger partial charge in [0.2, 0.25) is 0 Å². The molecule has 3 amide bonds. The van der Waals surface area contributed by atoms with E-state index in [1.807, 2.05) is 13.8 Å². The highest BCUT2D eigenvalue weighted by molar-refractivity contribution is 5.94. The molecule has 0 bridgehead atoms. The van der Waals surface area contributed by atoms with Gasteiger partial charge in [0.1, 0.15) is 18.1 Å². The van der Waals surface area contributed by atoms with Crippen LogP contribution in [-0.4, -0.2) is 41.8 Å². The third-order valence-electron chi connectivity index (χ3n) is 4.95.